The lowest BCUT2D eigenvalue weighted by Gasteiger charge is -2.28. The highest BCUT2D eigenvalue weighted by molar-refractivity contribution is 9.10. The predicted molar refractivity (Wildman–Crippen MR) is 201 cm³/mol. The van der Waals surface area contributed by atoms with Gasteiger partial charge in [-0.15, -0.1) is 11.3 Å². The molecule has 4 heteroatoms. The summed E-state index contributed by atoms with van der Waals surface area (Å²) in [5, 5.41) is 5.14. The van der Waals surface area contributed by atoms with Crippen LogP contribution in [0.5, 0.6) is 0 Å². The van der Waals surface area contributed by atoms with Crippen molar-refractivity contribution in [1.29, 1.82) is 0 Å². The highest BCUT2D eigenvalue weighted by atomic mass is 79.9. The van der Waals surface area contributed by atoms with Crippen molar-refractivity contribution in [2.24, 2.45) is 0 Å². The lowest BCUT2D eigenvalue weighted by atomic mass is 10.0. The van der Waals surface area contributed by atoms with Crippen molar-refractivity contribution in [2.45, 2.75) is 0 Å². The van der Waals surface area contributed by atoms with Gasteiger partial charge in [0.1, 0.15) is 0 Å². The van der Waals surface area contributed by atoms with Gasteiger partial charge in [0.25, 0.3) is 0 Å². The topological polar surface area (TPSA) is 8.17 Å². The van der Waals surface area contributed by atoms with E-state index in [4.69, 9.17) is 0 Å². The molecule has 2 nitrogen and oxygen atoms in total. The van der Waals surface area contributed by atoms with Gasteiger partial charge in [0.05, 0.1) is 16.7 Å². The Balaban J connectivity index is 1.34. The van der Waals surface area contributed by atoms with E-state index in [1.807, 2.05) is 11.3 Å². The van der Waals surface area contributed by atoms with E-state index in [2.05, 4.69) is 189 Å². The molecule has 218 valence electrons. The number of hydrogen-bond acceptors (Lipinski definition) is 2. The van der Waals surface area contributed by atoms with E-state index < -0.39 is 0 Å². The van der Waals surface area contributed by atoms with Crippen LogP contribution in [-0.2, 0) is 0 Å². The minimum atomic E-state index is 1.06. The average molecular weight is 672 g/mol. The molecule has 0 saturated carbocycles. The first-order chi connectivity index (χ1) is 22.7. The Morgan fingerprint density at radius 1 is 0.478 bits per heavy atom. The van der Waals surface area contributed by atoms with Crippen LogP contribution in [0.15, 0.2) is 168 Å². The van der Waals surface area contributed by atoms with Crippen LogP contribution in [0.4, 0.5) is 17.1 Å². The number of hydrogen-bond donors (Lipinski definition) is 0. The van der Waals surface area contributed by atoms with Crippen molar-refractivity contribution in [3.05, 3.63) is 168 Å². The summed E-state index contributed by atoms with van der Waals surface area (Å²) in [7, 11) is 0. The Hall–Kier alpha value is -5.16. The van der Waals surface area contributed by atoms with Gasteiger partial charge >= 0.3 is 0 Å². The van der Waals surface area contributed by atoms with Crippen molar-refractivity contribution in [3.63, 3.8) is 0 Å². The Bertz CT molecular complexity index is 2550. The molecule has 0 amide bonds. The summed E-state index contributed by atoms with van der Waals surface area (Å²) < 4.78 is 6.14. The Kier molecular flexibility index (Phi) is 6.51. The standard InChI is InChI=1S/C42H27BrN2S/c43-29-13-11-12-28(24-29)33-18-7-9-20-38(33)44(30-14-3-1-4-15-30)32-22-23-34-36-27-42-37(35-19-8-10-21-41(35)46-42)26-40(36)45(39(34)25-32)31-16-5-2-6-17-31/h1-27H. The van der Waals surface area contributed by atoms with Gasteiger partial charge in [0, 0.05) is 58.0 Å². The third kappa shape index (κ3) is 4.45. The maximum atomic E-state index is 3.70. The van der Waals surface area contributed by atoms with Crippen molar-refractivity contribution < 1.29 is 0 Å². The summed E-state index contributed by atoms with van der Waals surface area (Å²) in [6.07, 6.45) is 0. The Labute approximate surface area is 279 Å². The monoisotopic (exact) mass is 670 g/mol. The summed E-state index contributed by atoms with van der Waals surface area (Å²) in [6, 6.07) is 59.1. The first-order valence-corrected chi connectivity index (χ1v) is 17.0. The molecule has 0 unspecified atom stereocenters. The number of thiophene rings is 1. The fraction of sp³-hybridized carbons (Fsp3) is 0. The highest BCUT2D eigenvalue weighted by Crippen LogP contribution is 2.45. The van der Waals surface area contributed by atoms with E-state index in [0.717, 1.165) is 32.8 Å². The summed E-state index contributed by atoms with van der Waals surface area (Å²) in [4.78, 5) is 2.38. The van der Waals surface area contributed by atoms with E-state index in [9.17, 15) is 0 Å². The number of para-hydroxylation sites is 3. The van der Waals surface area contributed by atoms with Crippen molar-refractivity contribution in [3.8, 4) is 16.8 Å². The van der Waals surface area contributed by atoms with Crippen LogP contribution in [-0.4, -0.2) is 4.57 Å². The largest absolute Gasteiger partial charge is 0.310 e. The SMILES string of the molecule is Brc1cccc(-c2ccccc2N(c2ccccc2)c2ccc3c4cc5sc6ccccc6c5cc4n(-c4ccccc4)c3c2)c1. The molecule has 9 rings (SSSR count). The average Bonchev–Trinajstić information content (AvgIpc) is 3.63. The molecule has 0 aliphatic rings. The molecule has 0 aliphatic carbocycles. The highest BCUT2D eigenvalue weighted by Gasteiger charge is 2.21. The molecule has 46 heavy (non-hydrogen) atoms. The van der Waals surface area contributed by atoms with Gasteiger partial charge in [0.15, 0.2) is 0 Å². The number of nitrogens with zero attached hydrogens (tertiary/aromatic N) is 2. The van der Waals surface area contributed by atoms with E-state index >= 15 is 0 Å². The van der Waals surface area contributed by atoms with Crippen LogP contribution in [0, 0.1) is 0 Å². The number of aromatic nitrogens is 1. The lowest BCUT2D eigenvalue weighted by molar-refractivity contribution is 1.18. The molecular formula is C42H27BrN2S. The summed E-state index contributed by atoms with van der Waals surface area (Å²) >= 11 is 5.57. The second-order valence-electron chi connectivity index (χ2n) is 11.5. The summed E-state index contributed by atoms with van der Waals surface area (Å²) in [5.41, 5.74) is 9.23. The molecule has 2 aromatic heterocycles. The fourth-order valence-corrected chi connectivity index (χ4v) is 8.32. The van der Waals surface area contributed by atoms with Crippen LogP contribution in [0.2, 0.25) is 0 Å². The van der Waals surface area contributed by atoms with Crippen LogP contribution < -0.4 is 4.90 Å². The number of fused-ring (bicyclic) bond motifs is 6. The Morgan fingerprint density at radius 3 is 2.07 bits per heavy atom. The number of anilines is 3. The fourth-order valence-electron chi connectivity index (χ4n) is 6.79. The number of benzene rings is 7. The third-order valence-electron chi connectivity index (χ3n) is 8.82. The molecule has 0 bridgehead atoms. The first kappa shape index (κ1) is 27.2. The van der Waals surface area contributed by atoms with Gasteiger partial charge in [-0.1, -0.05) is 107 Å². The third-order valence-corrected chi connectivity index (χ3v) is 10.4. The van der Waals surface area contributed by atoms with Crippen LogP contribution in [0.1, 0.15) is 0 Å². The minimum Gasteiger partial charge on any atom is -0.310 e. The number of rotatable bonds is 5. The van der Waals surface area contributed by atoms with E-state index in [0.29, 0.717) is 0 Å². The van der Waals surface area contributed by atoms with E-state index in [1.54, 1.807) is 0 Å². The molecule has 0 spiro atoms. The Morgan fingerprint density at radius 2 is 1.22 bits per heavy atom. The maximum Gasteiger partial charge on any atom is 0.0561 e. The van der Waals surface area contributed by atoms with Crippen molar-refractivity contribution >= 4 is 86.3 Å². The molecular weight excluding hydrogens is 644 g/mol. The zero-order valence-electron chi connectivity index (χ0n) is 24.8. The van der Waals surface area contributed by atoms with Crippen LogP contribution in [0.25, 0.3) is 58.8 Å². The molecule has 2 heterocycles. The van der Waals surface area contributed by atoms with E-state index in [1.165, 1.54) is 47.5 Å². The van der Waals surface area contributed by atoms with Gasteiger partial charge in [-0.2, -0.15) is 0 Å². The molecule has 0 radical (unpaired) electrons. The van der Waals surface area contributed by atoms with E-state index in [-0.39, 0.29) is 0 Å². The van der Waals surface area contributed by atoms with Crippen LogP contribution in [0.3, 0.4) is 0 Å². The minimum absolute atomic E-state index is 1.06. The summed E-state index contributed by atoms with van der Waals surface area (Å²) in [5.74, 6) is 0. The maximum absolute atomic E-state index is 3.70. The molecule has 9 aromatic rings. The summed E-state index contributed by atoms with van der Waals surface area (Å²) in [6.45, 7) is 0. The van der Waals surface area contributed by atoms with Gasteiger partial charge in [-0.25, -0.2) is 0 Å². The predicted octanol–water partition coefficient (Wildman–Crippen LogP) is 13.1. The second kappa shape index (κ2) is 11.0. The molecule has 0 saturated heterocycles. The molecule has 0 fully saturated rings. The smallest absolute Gasteiger partial charge is 0.0561 e. The first-order valence-electron chi connectivity index (χ1n) is 15.4. The lowest BCUT2D eigenvalue weighted by Crippen LogP contribution is -2.11. The molecule has 0 aliphatic heterocycles. The van der Waals surface area contributed by atoms with Gasteiger partial charge in [-0.05, 0) is 78.4 Å². The zero-order valence-corrected chi connectivity index (χ0v) is 27.2. The normalized spacial score (nSPS) is 11.6. The number of halogens is 1. The molecule has 0 N–H and O–H groups in total. The molecule has 0 atom stereocenters. The van der Waals surface area contributed by atoms with Gasteiger partial charge in [-0.3, -0.25) is 0 Å². The van der Waals surface area contributed by atoms with Gasteiger partial charge < -0.3 is 9.47 Å². The van der Waals surface area contributed by atoms with Crippen LogP contribution >= 0.6 is 27.3 Å². The van der Waals surface area contributed by atoms with Crippen molar-refractivity contribution in [2.75, 3.05) is 4.90 Å². The van der Waals surface area contributed by atoms with Gasteiger partial charge in [0.2, 0.25) is 0 Å². The molecule has 7 aromatic carbocycles. The second-order valence-corrected chi connectivity index (χ2v) is 13.5. The zero-order chi connectivity index (χ0) is 30.6. The quantitative estimate of drug-likeness (QED) is 0.177. The van der Waals surface area contributed by atoms with Crippen molar-refractivity contribution in [1.82, 2.24) is 4.57 Å².